The van der Waals surface area contributed by atoms with Gasteiger partial charge in [-0.2, -0.15) is 0 Å². The third-order valence-electron chi connectivity index (χ3n) is 4.83. The molecule has 2 heteroatoms. The molecule has 0 bridgehead atoms. The van der Waals surface area contributed by atoms with E-state index in [0.29, 0.717) is 23.0 Å². The van der Waals surface area contributed by atoms with E-state index >= 15 is 0 Å². The lowest BCUT2D eigenvalue weighted by molar-refractivity contribution is 0.0999. The monoisotopic (exact) mass is 210 g/mol. The molecule has 0 aliphatic carbocycles. The lowest BCUT2D eigenvalue weighted by atomic mass is 9.68. The van der Waals surface area contributed by atoms with Gasteiger partial charge in [-0.05, 0) is 46.0 Å². The van der Waals surface area contributed by atoms with Crippen molar-refractivity contribution in [3.05, 3.63) is 0 Å². The number of nitrogens with one attached hydrogen (secondary N) is 1. The van der Waals surface area contributed by atoms with E-state index < -0.39 is 0 Å². The molecule has 0 aromatic carbocycles. The van der Waals surface area contributed by atoms with Gasteiger partial charge in [-0.15, -0.1) is 0 Å². The SMILES string of the molecule is CC1CC[C@]2(C)CN(C(C)C)C[C@]2(C)N1. The minimum Gasteiger partial charge on any atom is -0.307 e. The summed E-state index contributed by atoms with van der Waals surface area (Å²) < 4.78 is 0. The van der Waals surface area contributed by atoms with Gasteiger partial charge in [0.05, 0.1) is 0 Å². The van der Waals surface area contributed by atoms with Gasteiger partial charge in [0.2, 0.25) is 0 Å². The zero-order chi connectivity index (χ0) is 11.3. The summed E-state index contributed by atoms with van der Waals surface area (Å²) in [6, 6.07) is 1.37. The number of hydrogen-bond acceptors (Lipinski definition) is 2. The average Bonchev–Trinajstić information content (AvgIpc) is 2.38. The fourth-order valence-electron chi connectivity index (χ4n) is 3.37. The Bertz CT molecular complexity index is 251. The number of likely N-dealkylation sites (tertiary alicyclic amines) is 1. The predicted molar refractivity (Wildman–Crippen MR) is 65.1 cm³/mol. The molecule has 0 spiro atoms. The smallest absolute Gasteiger partial charge is 0.0348 e. The highest BCUT2D eigenvalue weighted by Crippen LogP contribution is 2.46. The van der Waals surface area contributed by atoms with Gasteiger partial charge in [0.15, 0.2) is 0 Å². The predicted octanol–water partition coefficient (Wildman–Crippen LogP) is 2.25. The molecule has 2 heterocycles. The van der Waals surface area contributed by atoms with E-state index in [1.165, 1.54) is 25.9 Å². The molecule has 0 aromatic rings. The second-order valence-electron chi connectivity index (χ2n) is 6.48. The third kappa shape index (κ3) is 1.72. The number of fused-ring (bicyclic) bond motifs is 1. The molecule has 15 heavy (non-hydrogen) atoms. The molecular formula is C13H26N2. The molecule has 2 aliphatic heterocycles. The highest BCUT2D eigenvalue weighted by molar-refractivity contribution is 5.11. The van der Waals surface area contributed by atoms with Gasteiger partial charge >= 0.3 is 0 Å². The molecule has 0 radical (unpaired) electrons. The van der Waals surface area contributed by atoms with Gasteiger partial charge < -0.3 is 5.32 Å². The summed E-state index contributed by atoms with van der Waals surface area (Å²) in [4.78, 5) is 2.63. The first kappa shape index (κ1) is 11.4. The Morgan fingerprint density at radius 2 is 1.93 bits per heavy atom. The normalized spacial score (nSPS) is 47.2. The standard InChI is InChI=1S/C13H26N2/c1-10(2)15-8-12(4)7-6-11(3)14-13(12,5)9-15/h10-11,14H,6-9H2,1-5H3/t11?,12-,13+/m1/s1. The van der Waals surface area contributed by atoms with E-state index in [4.69, 9.17) is 0 Å². The van der Waals surface area contributed by atoms with Crippen LogP contribution >= 0.6 is 0 Å². The van der Waals surface area contributed by atoms with Gasteiger partial charge in [0.25, 0.3) is 0 Å². The maximum absolute atomic E-state index is 3.84. The van der Waals surface area contributed by atoms with Gasteiger partial charge in [-0.25, -0.2) is 0 Å². The molecule has 2 nitrogen and oxygen atoms in total. The van der Waals surface area contributed by atoms with Crippen molar-refractivity contribution < 1.29 is 0 Å². The summed E-state index contributed by atoms with van der Waals surface area (Å²) in [5, 5.41) is 3.84. The summed E-state index contributed by atoms with van der Waals surface area (Å²) in [5.41, 5.74) is 0.804. The second kappa shape index (κ2) is 3.46. The van der Waals surface area contributed by atoms with E-state index in [2.05, 4.69) is 44.8 Å². The molecule has 0 amide bonds. The Labute approximate surface area is 94.4 Å². The molecule has 2 fully saturated rings. The average molecular weight is 210 g/mol. The lowest BCUT2D eigenvalue weighted by Crippen LogP contribution is -2.61. The van der Waals surface area contributed by atoms with Crippen LogP contribution in [0.4, 0.5) is 0 Å². The van der Waals surface area contributed by atoms with Gasteiger partial charge in [-0.1, -0.05) is 6.92 Å². The summed E-state index contributed by atoms with van der Waals surface area (Å²) in [5.74, 6) is 0. The fourth-order valence-corrected chi connectivity index (χ4v) is 3.37. The van der Waals surface area contributed by atoms with Crippen molar-refractivity contribution in [3.63, 3.8) is 0 Å². The van der Waals surface area contributed by atoms with E-state index in [1.54, 1.807) is 0 Å². The van der Waals surface area contributed by atoms with Crippen LogP contribution in [0.3, 0.4) is 0 Å². The minimum absolute atomic E-state index is 0.328. The van der Waals surface area contributed by atoms with Crippen LogP contribution in [0.1, 0.15) is 47.5 Å². The molecular weight excluding hydrogens is 184 g/mol. The van der Waals surface area contributed by atoms with Crippen LogP contribution in [-0.4, -0.2) is 35.6 Å². The maximum atomic E-state index is 3.84. The van der Waals surface area contributed by atoms with Crippen molar-refractivity contribution in [2.75, 3.05) is 13.1 Å². The van der Waals surface area contributed by atoms with Crippen LogP contribution in [0.15, 0.2) is 0 Å². The zero-order valence-corrected chi connectivity index (χ0v) is 10.9. The summed E-state index contributed by atoms with van der Waals surface area (Å²) >= 11 is 0. The molecule has 1 unspecified atom stereocenters. The van der Waals surface area contributed by atoms with Crippen molar-refractivity contribution in [2.45, 2.75) is 65.1 Å². The number of rotatable bonds is 1. The third-order valence-corrected chi connectivity index (χ3v) is 4.83. The fraction of sp³-hybridized carbons (Fsp3) is 1.00. The van der Waals surface area contributed by atoms with Crippen LogP contribution in [0, 0.1) is 5.41 Å². The first-order valence-electron chi connectivity index (χ1n) is 6.38. The van der Waals surface area contributed by atoms with Crippen molar-refractivity contribution >= 4 is 0 Å². The summed E-state index contributed by atoms with van der Waals surface area (Å²) in [7, 11) is 0. The van der Waals surface area contributed by atoms with E-state index in [-0.39, 0.29) is 0 Å². The molecule has 2 aliphatic rings. The number of hydrogen-bond donors (Lipinski definition) is 1. The van der Waals surface area contributed by atoms with Crippen LogP contribution in [0.2, 0.25) is 0 Å². The van der Waals surface area contributed by atoms with Gasteiger partial charge in [0, 0.05) is 30.7 Å². The van der Waals surface area contributed by atoms with Crippen LogP contribution in [0.5, 0.6) is 0 Å². The summed E-state index contributed by atoms with van der Waals surface area (Å²) in [6.07, 6.45) is 2.71. The number of piperidine rings is 1. The van der Waals surface area contributed by atoms with E-state index in [9.17, 15) is 0 Å². The van der Waals surface area contributed by atoms with Crippen molar-refractivity contribution in [1.82, 2.24) is 10.2 Å². The van der Waals surface area contributed by atoms with Crippen molar-refractivity contribution in [3.8, 4) is 0 Å². The van der Waals surface area contributed by atoms with Crippen LogP contribution in [-0.2, 0) is 0 Å². The van der Waals surface area contributed by atoms with E-state index in [0.717, 1.165) is 0 Å². The molecule has 2 rings (SSSR count). The second-order valence-corrected chi connectivity index (χ2v) is 6.48. The van der Waals surface area contributed by atoms with Crippen molar-refractivity contribution in [2.24, 2.45) is 5.41 Å². The maximum Gasteiger partial charge on any atom is 0.0348 e. The Morgan fingerprint density at radius 1 is 1.27 bits per heavy atom. The Hall–Kier alpha value is -0.0800. The van der Waals surface area contributed by atoms with Gasteiger partial charge in [0.1, 0.15) is 0 Å². The van der Waals surface area contributed by atoms with Crippen LogP contribution < -0.4 is 5.32 Å². The zero-order valence-electron chi connectivity index (χ0n) is 10.9. The number of nitrogens with zero attached hydrogens (tertiary/aromatic N) is 1. The van der Waals surface area contributed by atoms with E-state index in [1.807, 2.05) is 0 Å². The molecule has 88 valence electrons. The molecule has 2 saturated heterocycles. The minimum atomic E-state index is 0.328. The molecule has 3 atom stereocenters. The molecule has 1 N–H and O–H groups in total. The molecule has 0 aromatic heterocycles. The van der Waals surface area contributed by atoms with Crippen LogP contribution in [0.25, 0.3) is 0 Å². The van der Waals surface area contributed by atoms with Gasteiger partial charge in [-0.3, -0.25) is 4.90 Å². The first-order valence-corrected chi connectivity index (χ1v) is 6.38. The quantitative estimate of drug-likeness (QED) is 0.714. The Morgan fingerprint density at radius 3 is 2.53 bits per heavy atom. The topological polar surface area (TPSA) is 15.3 Å². The molecule has 0 saturated carbocycles. The lowest BCUT2D eigenvalue weighted by Gasteiger charge is -2.47. The Kier molecular flexibility index (Phi) is 2.63. The summed E-state index contributed by atoms with van der Waals surface area (Å²) in [6.45, 7) is 14.3. The largest absolute Gasteiger partial charge is 0.307 e. The highest BCUT2D eigenvalue weighted by atomic mass is 15.3. The highest BCUT2D eigenvalue weighted by Gasteiger charge is 2.54. The van der Waals surface area contributed by atoms with Crippen molar-refractivity contribution in [1.29, 1.82) is 0 Å². The Balaban J connectivity index is 2.20. The first-order chi connectivity index (χ1) is 6.86.